The average Bonchev–Trinajstić information content (AvgIpc) is 3.54. The Hall–Kier alpha value is -2.68. The van der Waals surface area contributed by atoms with Gasteiger partial charge in [0.25, 0.3) is 11.8 Å². The van der Waals surface area contributed by atoms with E-state index in [1.54, 1.807) is 13.8 Å². The maximum absolute atomic E-state index is 13.2. The van der Waals surface area contributed by atoms with E-state index in [2.05, 4.69) is 50.5 Å². The van der Waals surface area contributed by atoms with Gasteiger partial charge in [-0.25, -0.2) is 18.4 Å². The third-order valence-corrected chi connectivity index (χ3v) is 13.2. The van der Waals surface area contributed by atoms with Crippen molar-refractivity contribution in [2.45, 2.75) is 96.5 Å². The molecule has 0 radical (unpaired) electrons. The van der Waals surface area contributed by atoms with Crippen LogP contribution < -0.4 is 10.6 Å². The molecule has 3 saturated heterocycles. The fraction of sp³-hybridized carbons (Fsp3) is 0.686. The Kier molecular flexibility index (Phi) is 13.2. The Bertz CT molecular complexity index is 1530. The number of rotatable bonds is 11. The van der Waals surface area contributed by atoms with E-state index in [4.69, 9.17) is 12.2 Å². The van der Waals surface area contributed by atoms with Crippen molar-refractivity contribution in [1.29, 1.82) is 0 Å². The van der Waals surface area contributed by atoms with E-state index in [0.717, 1.165) is 55.9 Å². The molecular formula is C35H54N6O5S3. The predicted molar refractivity (Wildman–Crippen MR) is 201 cm³/mol. The molecule has 2 atom stereocenters. The third-order valence-electron chi connectivity index (χ3n) is 9.83. The molecule has 14 heteroatoms. The number of amides is 2. The second-order valence-corrected chi connectivity index (χ2v) is 18.5. The minimum atomic E-state index is -3.28. The fourth-order valence-corrected chi connectivity index (χ4v) is 9.60. The fourth-order valence-electron chi connectivity index (χ4n) is 6.66. The van der Waals surface area contributed by atoms with Gasteiger partial charge in [0.1, 0.15) is 0 Å². The molecule has 2 unspecified atom stereocenters. The van der Waals surface area contributed by atoms with Crippen molar-refractivity contribution in [2.75, 3.05) is 38.5 Å². The van der Waals surface area contributed by atoms with Gasteiger partial charge in [0.15, 0.2) is 19.8 Å². The molecule has 1 aromatic rings. The van der Waals surface area contributed by atoms with Crippen molar-refractivity contribution < 1.29 is 23.1 Å². The van der Waals surface area contributed by atoms with E-state index in [1.165, 1.54) is 11.3 Å². The SMILES string of the molecule is C=C(C(=NC(=S)C(=O)NC1CCS(=O)(=O)C(CC2CCN(C(=C)c3csc(C(=O)NCC(C)(C)O)n3)CC2)C1)C(C)C)N1CCC(C)CC1. The van der Waals surface area contributed by atoms with Crippen LogP contribution in [0.3, 0.4) is 0 Å². The number of piperidine rings is 2. The minimum absolute atomic E-state index is 0.0330. The first-order chi connectivity index (χ1) is 22.9. The molecule has 3 N–H and O–H groups in total. The maximum atomic E-state index is 13.2. The van der Waals surface area contributed by atoms with Gasteiger partial charge in [-0.3, -0.25) is 9.59 Å². The summed E-state index contributed by atoms with van der Waals surface area (Å²) in [5.74, 6) is 0.203. The Balaban J connectivity index is 1.28. The molecule has 0 spiro atoms. The second-order valence-electron chi connectivity index (χ2n) is 14.9. The number of thiocarbonyl (C=S) groups is 1. The molecule has 3 aliphatic rings. The number of aliphatic imine (C=N–C) groups is 1. The van der Waals surface area contributed by atoms with Gasteiger partial charge in [-0.15, -0.1) is 11.3 Å². The van der Waals surface area contributed by atoms with Crippen LogP contribution in [0.5, 0.6) is 0 Å². The number of nitrogens with one attached hydrogen (secondary N) is 2. The number of carbonyl (C=O) groups excluding carboxylic acids is 2. The normalized spacial score (nSPS) is 22.6. The molecule has 0 aromatic carbocycles. The van der Waals surface area contributed by atoms with Gasteiger partial charge in [-0.1, -0.05) is 46.1 Å². The number of allylic oxidation sites excluding steroid dienone is 1. The number of nitrogens with zero attached hydrogens (tertiary/aromatic N) is 4. The standard InChI is InChI=1S/C35H54N6O5S3/c1-22(2)30(25(5)41-13-8-23(3)9-14-41)39-33(47)31(42)37-27-12-17-49(45,46)28(19-27)18-26-10-15-40(16-11-26)24(4)29-20-48-34(38-29)32(43)36-21-35(6,7)44/h20,22-23,26-28,44H,4-5,8-19,21H2,1-3,6-7H3,(H,36,43)(H,37,42). The smallest absolute Gasteiger partial charge is 0.281 e. The van der Waals surface area contributed by atoms with Crippen molar-refractivity contribution in [3.63, 3.8) is 0 Å². The number of sulfone groups is 1. The van der Waals surface area contributed by atoms with Crippen LogP contribution in [0.1, 0.15) is 95.1 Å². The number of aromatic nitrogens is 1. The zero-order chi connectivity index (χ0) is 36.1. The van der Waals surface area contributed by atoms with E-state index in [0.29, 0.717) is 49.0 Å². The summed E-state index contributed by atoms with van der Waals surface area (Å²) in [4.78, 5) is 39.0. The Morgan fingerprint density at radius 3 is 2.37 bits per heavy atom. The summed E-state index contributed by atoms with van der Waals surface area (Å²) in [5.41, 5.74) is 1.89. The van der Waals surface area contributed by atoms with Gasteiger partial charge in [-0.2, -0.15) is 0 Å². The Labute approximate surface area is 301 Å². The van der Waals surface area contributed by atoms with Crippen LogP contribution in [0.25, 0.3) is 5.70 Å². The highest BCUT2D eigenvalue weighted by atomic mass is 32.2. The van der Waals surface area contributed by atoms with Crippen molar-refractivity contribution in [3.05, 3.63) is 34.9 Å². The molecule has 4 heterocycles. The summed E-state index contributed by atoms with van der Waals surface area (Å²) >= 11 is 6.70. The minimum Gasteiger partial charge on any atom is -0.389 e. The van der Waals surface area contributed by atoms with Crippen LogP contribution in [-0.4, -0.2) is 106 Å². The Morgan fingerprint density at radius 2 is 1.76 bits per heavy atom. The number of aliphatic hydroxyl groups is 1. The number of likely N-dealkylation sites (tertiary alicyclic amines) is 2. The zero-order valence-corrected chi connectivity index (χ0v) is 32.1. The highest BCUT2D eigenvalue weighted by molar-refractivity contribution is 7.92. The van der Waals surface area contributed by atoms with Crippen LogP contribution in [-0.2, 0) is 14.6 Å². The molecule has 0 saturated carbocycles. The first kappa shape index (κ1) is 39.1. The lowest BCUT2D eigenvalue weighted by Gasteiger charge is -2.37. The molecule has 4 rings (SSSR count). The van der Waals surface area contributed by atoms with E-state index < -0.39 is 26.6 Å². The Morgan fingerprint density at radius 1 is 1.12 bits per heavy atom. The van der Waals surface area contributed by atoms with Crippen LogP contribution in [0, 0.1) is 17.8 Å². The van der Waals surface area contributed by atoms with Gasteiger partial charge in [0.05, 0.1) is 39.4 Å². The first-order valence-electron chi connectivity index (χ1n) is 17.4. The molecule has 49 heavy (non-hydrogen) atoms. The molecule has 11 nitrogen and oxygen atoms in total. The molecule has 0 aliphatic carbocycles. The van der Waals surface area contributed by atoms with Crippen LogP contribution >= 0.6 is 23.6 Å². The number of hydrogen-bond acceptors (Lipinski definition) is 10. The molecule has 0 bridgehead atoms. The van der Waals surface area contributed by atoms with E-state index >= 15 is 0 Å². The largest absolute Gasteiger partial charge is 0.389 e. The first-order valence-corrected chi connectivity index (χ1v) is 20.4. The number of carbonyl (C=O) groups is 2. The van der Waals surface area contributed by atoms with Crippen molar-refractivity contribution >= 4 is 61.6 Å². The molecular weight excluding hydrogens is 681 g/mol. The molecule has 2 amide bonds. The van der Waals surface area contributed by atoms with Crippen molar-refractivity contribution in [2.24, 2.45) is 22.7 Å². The quantitative estimate of drug-likeness (QED) is 0.222. The van der Waals surface area contributed by atoms with Crippen molar-refractivity contribution in [1.82, 2.24) is 25.4 Å². The number of hydrogen-bond donors (Lipinski definition) is 3. The monoisotopic (exact) mass is 734 g/mol. The molecule has 3 aliphatic heterocycles. The lowest BCUT2D eigenvalue weighted by Crippen LogP contribution is -2.47. The summed E-state index contributed by atoms with van der Waals surface area (Å²) in [6.45, 7) is 21.4. The summed E-state index contributed by atoms with van der Waals surface area (Å²) in [5, 5.41) is 17.2. The highest BCUT2D eigenvalue weighted by Gasteiger charge is 2.37. The summed E-state index contributed by atoms with van der Waals surface area (Å²) in [6.07, 6.45) is 5.07. The van der Waals surface area contributed by atoms with Gasteiger partial charge in [-0.05, 0) is 76.5 Å². The van der Waals surface area contributed by atoms with Gasteiger partial charge in [0, 0.05) is 44.1 Å². The predicted octanol–water partition coefficient (Wildman–Crippen LogP) is 4.45. The highest BCUT2D eigenvalue weighted by Crippen LogP contribution is 2.33. The lowest BCUT2D eigenvalue weighted by molar-refractivity contribution is -0.115. The zero-order valence-electron chi connectivity index (χ0n) is 29.7. The van der Waals surface area contributed by atoms with Crippen LogP contribution in [0.15, 0.2) is 29.2 Å². The maximum Gasteiger partial charge on any atom is 0.281 e. The molecule has 3 fully saturated rings. The van der Waals surface area contributed by atoms with E-state index in [9.17, 15) is 23.1 Å². The van der Waals surface area contributed by atoms with Gasteiger partial charge < -0.3 is 25.5 Å². The summed E-state index contributed by atoms with van der Waals surface area (Å²) < 4.78 is 26.3. The topological polar surface area (TPSA) is 144 Å². The van der Waals surface area contributed by atoms with Gasteiger partial charge in [0.2, 0.25) is 0 Å². The van der Waals surface area contributed by atoms with Crippen molar-refractivity contribution in [3.8, 4) is 0 Å². The molecule has 1 aromatic heterocycles. The van der Waals surface area contributed by atoms with E-state index in [1.807, 2.05) is 19.2 Å². The summed E-state index contributed by atoms with van der Waals surface area (Å²) in [6, 6.07) is -0.289. The lowest BCUT2D eigenvalue weighted by atomic mass is 9.89. The van der Waals surface area contributed by atoms with E-state index in [-0.39, 0.29) is 41.1 Å². The van der Waals surface area contributed by atoms with Crippen LogP contribution in [0.2, 0.25) is 0 Å². The third kappa shape index (κ3) is 10.9. The van der Waals surface area contributed by atoms with Crippen LogP contribution in [0.4, 0.5) is 0 Å². The average molecular weight is 735 g/mol. The number of thiazole rings is 1. The summed E-state index contributed by atoms with van der Waals surface area (Å²) in [7, 11) is -3.28. The molecule has 272 valence electrons. The second kappa shape index (κ2) is 16.6. The van der Waals surface area contributed by atoms with Gasteiger partial charge >= 0.3 is 0 Å².